The van der Waals surface area contributed by atoms with Gasteiger partial charge in [0.2, 0.25) is 0 Å². The molecule has 0 unspecified atom stereocenters. The third kappa shape index (κ3) is 7.15. The molecule has 0 amide bonds. The van der Waals surface area contributed by atoms with Gasteiger partial charge in [0, 0.05) is 12.2 Å². The van der Waals surface area contributed by atoms with Crippen molar-refractivity contribution in [3.63, 3.8) is 0 Å². The average Bonchev–Trinajstić information content (AvgIpc) is 2.95. The standard InChI is InChI=1S/C19H36N2/c1-5-7-9-11-13-18(14-12-10-8-6-2)19-15-20-21(16-19)17(3)4/h15-18H,5-14H2,1-4H3. The molecule has 1 aromatic rings. The van der Waals surface area contributed by atoms with Crippen LogP contribution in [0.3, 0.4) is 0 Å². The van der Waals surface area contributed by atoms with Crippen molar-refractivity contribution in [1.29, 1.82) is 0 Å². The first kappa shape index (κ1) is 18.3. The molecule has 0 aliphatic rings. The summed E-state index contributed by atoms with van der Waals surface area (Å²) in [5, 5.41) is 4.54. The van der Waals surface area contributed by atoms with E-state index in [9.17, 15) is 0 Å². The number of hydrogen-bond donors (Lipinski definition) is 0. The molecule has 2 heteroatoms. The Morgan fingerprint density at radius 2 is 1.48 bits per heavy atom. The highest BCUT2D eigenvalue weighted by Crippen LogP contribution is 2.28. The highest BCUT2D eigenvalue weighted by atomic mass is 15.3. The molecular formula is C19H36N2. The molecule has 0 saturated heterocycles. The zero-order chi connectivity index (χ0) is 15.5. The summed E-state index contributed by atoms with van der Waals surface area (Å²) >= 11 is 0. The summed E-state index contributed by atoms with van der Waals surface area (Å²) in [6.07, 6.45) is 18.0. The molecular weight excluding hydrogens is 256 g/mol. The van der Waals surface area contributed by atoms with E-state index in [0.717, 1.165) is 5.92 Å². The fraction of sp³-hybridized carbons (Fsp3) is 0.842. The van der Waals surface area contributed by atoms with Crippen LogP contribution < -0.4 is 0 Å². The highest BCUT2D eigenvalue weighted by Gasteiger charge is 2.14. The monoisotopic (exact) mass is 292 g/mol. The molecule has 122 valence electrons. The molecule has 0 radical (unpaired) electrons. The second-order valence-corrected chi connectivity index (χ2v) is 6.74. The minimum atomic E-state index is 0.472. The third-order valence-corrected chi connectivity index (χ3v) is 4.43. The zero-order valence-electron chi connectivity index (χ0n) is 14.8. The molecule has 1 heterocycles. The summed E-state index contributed by atoms with van der Waals surface area (Å²) in [6, 6.07) is 0.472. The highest BCUT2D eigenvalue weighted by molar-refractivity contribution is 5.11. The number of unbranched alkanes of at least 4 members (excludes halogenated alkanes) is 6. The van der Waals surface area contributed by atoms with Gasteiger partial charge in [-0.3, -0.25) is 4.68 Å². The Balaban J connectivity index is 2.52. The van der Waals surface area contributed by atoms with Crippen LogP contribution in [0.25, 0.3) is 0 Å². The van der Waals surface area contributed by atoms with Gasteiger partial charge >= 0.3 is 0 Å². The van der Waals surface area contributed by atoms with Gasteiger partial charge in [-0.05, 0) is 38.2 Å². The molecule has 1 aromatic heterocycles. The van der Waals surface area contributed by atoms with Crippen LogP contribution in [0.15, 0.2) is 12.4 Å². The Hall–Kier alpha value is -0.790. The molecule has 0 aliphatic heterocycles. The Morgan fingerprint density at radius 3 is 1.90 bits per heavy atom. The lowest BCUT2D eigenvalue weighted by Gasteiger charge is -2.15. The maximum atomic E-state index is 4.54. The summed E-state index contributed by atoms with van der Waals surface area (Å²) in [4.78, 5) is 0. The predicted octanol–water partition coefficient (Wildman–Crippen LogP) is 6.49. The van der Waals surface area contributed by atoms with Crippen LogP contribution in [0.5, 0.6) is 0 Å². The van der Waals surface area contributed by atoms with Gasteiger partial charge in [-0.15, -0.1) is 0 Å². The van der Waals surface area contributed by atoms with Gasteiger partial charge < -0.3 is 0 Å². The fourth-order valence-corrected chi connectivity index (χ4v) is 2.96. The van der Waals surface area contributed by atoms with Gasteiger partial charge in [-0.2, -0.15) is 5.10 Å². The summed E-state index contributed by atoms with van der Waals surface area (Å²) < 4.78 is 2.11. The second kappa shape index (κ2) is 10.9. The molecule has 0 aromatic carbocycles. The largest absolute Gasteiger partial charge is 0.270 e. The van der Waals surface area contributed by atoms with Crippen LogP contribution in [-0.2, 0) is 0 Å². The topological polar surface area (TPSA) is 17.8 Å². The van der Waals surface area contributed by atoms with Gasteiger partial charge in [0.05, 0.1) is 6.20 Å². The van der Waals surface area contributed by atoms with Gasteiger partial charge in [-0.25, -0.2) is 0 Å². The van der Waals surface area contributed by atoms with Crippen molar-refractivity contribution < 1.29 is 0 Å². The lowest BCUT2D eigenvalue weighted by atomic mass is 9.90. The Morgan fingerprint density at radius 1 is 0.905 bits per heavy atom. The maximum Gasteiger partial charge on any atom is 0.0524 e. The molecule has 0 fully saturated rings. The van der Waals surface area contributed by atoms with E-state index in [1.54, 1.807) is 0 Å². The van der Waals surface area contributed by atoms with Gasteiger partial charge in [-0.1, -0.05) is 65.2 Å². The van der Waals surface area contributed by atoms with E-state index >= 15 is 0 Å². The molecule has 0 aliphatic carbocycles. The number of aromatic nitrogens is 2. The Labute approximate surface area is 132 Å². The SMILES string of the molecule is CCCCCCC(CCCCCC)c1cnn(C(C)C)c1. The first-order chi connectivity index (χ1) is 10.2. The third-order valence-electron chi connectivity index (χ3n) is 4.43. The molecule has 0 bridgehead atoms. The van der Waals surface area contributed by atoms with Gasteiger partial charge in [0.15, 0.2) is 0 Å². The summed E-state index contributed by atoms with van der Waals surface area (Å²) in [7, 11) is 0. The summed E-state index contributed by atoms with van der Waals surface area (Å²) in [5.41, 5.74) is 1.47. The van der Waals surface area contributed by atoms with E-state index in [-0.39, 0.29) is 0 Å². The smallest absolute Gasteiger partial charge is 0.0524 e. The first-order valence-electron chi connectivity index (χ1n) is 9.23. The van der Waals surface area contributed by atoms with Crippen LogP contribution in [-0.4, -0.2) is 9.78 Å². The summed E-state index contributed by atoms with van der Waals surface area (Å²) in [5.74, 6) is 0.728. The minimum absolute atomic E-state index is 0.472. The van der Waals surface area contributed by atoms with Crippen molar-refractivity contribution in [2.24, 2.45) is 0 Å². The van der Waals surface area contributed by atoms with E-state index in [2.05, 4.69) is 49.9 Å². The molecule has 0 saturated carbocycles. The van der Waals surface area contributed by atoms with Crippen molar-refractivity contribution in [2.45, 2.75) is 104 Å². The lowest BCUT2D eigenvalue weighted by molar-refractivity contribution is 0.493. The van der Waals surface area contributed by atoms with E-state index in [1.165, 1.54) is 69.8 Å². The molecule has 21 heavy (non-hydrogen) atoms. The van der Waals surface area contributed by atoms with Crippen LogP contribution >= 0.6 is 0 Å². The lowest BCUT2D eigenvalue weighted by Crippen LogP contribution is -2.01. The molecule has 0 N–H and O–H groups in total. The van der Waals surface area contributed by atoms with Crippen LogP contribution in [0.2, 0.25) is 0 Å². The van der Waals surface area contributed by atoms with Gasteiger partial charge in [0.1, 0.15) is 0 Å². The van der Waals surface area contributed by atoms with E-state index in [0.29, 0.717) is 6.04 Å². The molecule has 0 atom stereocenters. The Bertz CT molecular complexity index is 342. The Kier molecular flexibility index (Phi) is 9.45. The van der Waals surface area contributed by atoms with Crippen LogP contribution in [0.4, 0.5) is 0 Å². The predicted molar refractivity (Wildman–Crippen MR) is 92.9 cm³/mol. The normalized spacial score (nSPS) is 11.7. The number of rotatable bonds is 12. The van der Waals surface area contributed by atoms with E-state index < -0.39 is 0 Å². The zero-order valence-corrected chi connectivity index (χ0v) is 14.8. The molecule has 2 nitrogen and oxygen atoms in total. The van der Waals surface area contributed by atoms with Crippen LogP contribution in [0.1, 0.15) is 109 Å². The minimum Gasteiger partial charge on any atom is -0.270 e. The van der Waals surface area contributed by atoms with Crippen molar-refractivity contribution in [2.75, 3.05) is 0 Å². The number of hydrogen-bond acceptors (Lipinski definition) is 1. The fourth-order valence-electron chi connectivity index (χ4n) is 2.96. The van der Waals surface area contributed by atoms with Crippen molar-refractivity contribution in [1.82, 2.24) is 9.78 Å². The number of nitrogens with zero attached hydrogens (tertiary/aromatic N) is 2. The van der Waals surface area contributed by atoms with Gasteiger partial charge in [0.25, 0.3) is 0 Å². The maximum absolute atomic E-state index is 4.54. The molecule has 0 spiro atoms. The van der Waals surface area contributed by atoms with E-state index in [4.69, 9.17) is 0 Å². The summed E-state index contributed by atoms with van der Waals surface area (Å²) in [6.45, 7) is 8.98. The van der Waals surface area contributed by atoms with Crippen molar-refractivity contribution in [3.05, 3.63) is 18.0 Å². The van der Waals surface area contributed by atoms with Crippen molar-refractivity contribution in [3.8, 4) is 0 Å². The van der Waals surface area contributed by atoms with E-state index in [1.807, 2.05) is 0 Å². The second-order valence-electron chi connectivity index (χ2n) is 6.74. The van der Waals surface area contributed by atoms with Crippen LogP contribution in [0, 0.1) is 0 Å². The first-order valence-corrected chi connectivity index (χ1v) is 9.23. The average molecular weight is 293 g/mol. The molecule has 1 rings (SSSR count). The van der Waals surface area contributed by atoms with Crippen molar-refractivity contribution >= 4 is 0 Å². The quantitative estimate of drug-likeness (QED) is 0.403.